The summed E-state index contributed by atoms with van der Waals surface area (Å²) in [6.07, 6.45) is 5.65. The van der Waals surface area contributed by atoms with Gasteiger partial charge >= 0.3 is 0 Å². The lowest BCUT2D eigenvalue weighted by Gasteiger charge is -2.26. The van der Waals surface area contributed by atoms with Gasteiger partial charge in [0.15, 0.2) is 0 Å². The minimum absolute atomic E-state index is 0.673. The van der Waals surface area contributed by atoms with E-state index >= 15 is 0 Å². The van der Waals surface area contributed by atoms with Gasteiger partial charge in [-0.2, -0.15) is 12.6 Å². The SMILES string of the molecule is CC1CN(C)CCCN1C/C=C/CS. The Morgan fingerprint density at radius 2 is 2.14 bits per heavy atom. The van der Waals surface area contributed by atoms with Crippen molar-refractivity contribution in [3.8, 4) is 0 Å². The number of likely N-dealkylation sites (N-methyl/N-ethyl adjacent to an activating group) is 1. The lowest BCUT2D eigenvalue weighted by Crippen LogP contribution is -2.37. The van der Waals surface area contributed by atoms with Crippen LogP contribution in [0, 0.1) is 0 Å². The van der Waals surface area contributed by atoms with E-state index in [-0.39, 0.29) is 0 Å². The highest BCUT2D eigenvalue weighted by molar-refractivity contribution is 7.80. The maximum atomic E-state index is 4.16. The fourth-order valence-electron chi connectivity index (χ4n) is 1.98. The highest BCUT2D eigenvalue weighted by Crippen LogP contribution is 2.07. The smallest absolute Gasteiger partial charge is 0.0198 e. The lowest BCUT2D eigenvalue weighted by atomic mass is 10.2. The molecule has 0 spiro atoms. The number of thiol groups is 1. The van der Waals surface area contributed by atoms with E-state index in [0.717, 1.165) is 12.3 Å². The van der Waals surface area contributed by atoms with Crippen molar-refractivity contribution in [1.29, 1.82) is 0 Å². The maximum absolute atomic E-state index is 4.16. The molecule has 0 N–H and O–H groups in total. The Bertz CT molecular complexity index is 182. The summed E-state index contributed by atoms with van der Waals surface area (Å²) in [5.41, 5.74) is 0. The van der Waals surface area contributed by atoms with Gasteiger partial charge in [0.2, 0.25) is 0 Å². The van der Waals surface area contributed by atoms with Crippen LogP contribution in [0.25, 0.3) is 0 Å². The molecular formula is C11H22N2S. The number of nitrogens with zero attached hydrogens (tertiary/aromatic N) is 2. The standard InChI is InChI=1S/C11H22N2S/c1-11-10-12(2)6-5-8-13(11)7-3-4-9-14/h3-4,11,14H,5-10H2,1-2H3/b4-3+. The summed E-state index contributed by atoms with van der Waals surface area (Å²) in [6.45, 7) is 7.04. The van der Waals surface area contributed by atoms with E-state index in [4.69, 9.17) is 0 Å². The van der Waals surface area contributed by atoms with E-state index in [9.17, 15) is 0 Å². The summed E-state index contributed by atoms with van der Waals surface area (Å²) in [7, 11) is 2.21. The summed E-state index contributed by atoms with van der Waals surface area (Å²) in [5.74, 6) is 0.849. The van der Waals surface area contributed by atoms with Crippen LogP contribution >= 0.6 is 12.6 Å². The molecule has 1 fully saturated rings. The first-order chi connectivity index (χ1) is 6.74. The van der Waals surface area contributed by atoms with Gasteiger partial charge in [0.25, 0.3) is 0 Å². The van der Waals surface area contributed by atoms with Crippen LogP contribution in [0.1, 0.15) is 13.3 Å². The van der Waals surface area contributed by atoms with Crippen molar-refractivity contribution in [2.75, 3.05) is 39.0 Å². The zero-order valence-electron chi connectivity index (χ0n) is 9.32. The summed E-state index contributed by atoms with van der Waals surface area (Å²) in [5, 5.41) is 0. The first-order valence-corrected chi connectivity index (χ1v) is 6.05. The molecule has 0 radical (unpaired) electrons. The second-order valence-corrected chi connectivity index (χ2v) is 4.48. The molecule has 0 bridgehead atoms. The first kappa shape index (κ1) is 12.1. The third-order valence-electron chi connectivity index (χ3n) is 2.80. The van der Waals surface area contributed by atoms with Crippen molar-refractivity contribution in [2.45, 2.75) is 19.4 Å². The van der Waals surface area contributed by atoms with E-state index in [0.29, 0.717) is 6.04 Å². The zero-order chi connectivity index (χ0) is 10.4. The molecule has 0 amide bonds. The topological polar surface area (TPSA) is 6.48 Å². The predicted octanol–water partition coefficient (Wildman–Crippen LogP) is 1.50. The van der Waals surface area contributed by atoms with Gasteiger partial charge in [-0.3, -0.25) is 4.90 Å². The van der Waals surface area contributed by atoms with Gasteiger partial charge in [-0.05, 0) is 26.9 Å². The highest BCUT2D eigenvalue weighted by atomic mass is 32.1. The fraction of sp³-hybridized carbons (Fsp3) is 0.818. The van der Waals surface area contributed by atoms with Gasteiger partial charge < -0.3 is 4.90 Å². The van der Waals surface area contributed by atoms with Gasteiger partial charge in [-0.1, -0.05) is 12.2 Å². The Hall–Kier alpha value is 0.01000. The zero-order valence-corrected chi connectivity index (χ0v) is 10.2. The van der Waals surface area contributed by atoms with Crippen LogP contribution in [-0.4, -0.2) is 54.8 Å². The Morgan fingerprint density at radius 3 is 2.86 bits per heavy atom. The second-order valence-electron chi connectivity index (χ2n) is 4.11. The fourth-order valence-corrected chi connectivity index (χ4v) is 2.13. The molecule has 0 aromatic rings. The van der Waals surface area contributed by atoms with Gasteiger partial charge in [0.05, 0.1) is 0 Å². The maximum Gasteiger partial charge on any atom is 0.0198 e. The number of hydrogen-bond acceptors (Lipinski definition) is 3. The van der Waals surface area contributed by atoms with Crippen molar-refractivity contribution in [1.82, 2.24) is 9.80 Å². The highest BCUT2D eigenvalue weighted by Gasteiger charge is 2.17. The molecule has 1 aliphatic rings. The molecule has 1 heterocycles. The average molecular weight is 214 g/mol. The average Bonchev–Trinajstić information content (AvgIpc) is 2.29. The Kier molecular flexibility index (Phi) is 5.60. The molecule has 3 heteroatoms. The Labute approximate surface area is 93.4 Å². The molecule has 1 unspecified atom stereocenters. The normalized spacial score (nSPS) is 26.9. The monoisotopic (exact) mass is 214 g/mol. The quantitative estimate of drug-likeness (QED) is 0.562. The molecule has 1 rings (SSSR count). The minimum atomic E-state index is 0.673. The molecule has 0 saturated carbocycles. The van der Waals surface area contributed by atoms with E-state index in [1.807, 2.05) is 0 Å². The Morgan fingerprint density at radius 1 is 1.36 bits per heavy atom. The molecule has 82 valence electrons. The van der Waals surface area contributed by atoms with Crippen LogP contribution < -0.4 is 0 Å². The van der Waals surface area contributed by atoms with Crippen molar-refractivity contribution in [2.24, 2.45) is 0 Å². The Balaban J connectivity index is 2.38. The summed E-state index contributed by atoms with van der Waals surface area (Å²) in [6, 6.07) is 0.673. The van der Waals surface area contributed by atoms with E-state index in [1.165, 1.54) is 26.1 Å². The molecule has 2 nitrogen and oxygen atoms in total. The van der Waals surface area contributed by atoms with Crippen molar-refractivity contribution >= 4 is 12.6 Å². The van der Waals surface area contributed by atoms with Crippen LogP contribution in [0.3, 0.4) is 0 Å². The van der Waals surface area contributed by atoms with Crippen LogP contribution in [0.2, 0.25) is 0 Å². The van der Waals surface area contributed by atoms with Crippen molar-refractivity contribution in [3.63, 3.8) is 0 Å². The molecular weight excluding hydrogens is 192 g/mol. The van der Waals surface area contributed by atoms with Crippen molar-refractivity contribution < 1.29 is 0 Å². The summed E-state index contributed by atoms with van der Waals surface area (Å²) >= 11 is 4.16. The molecule has 1 atom stereocenters. The summed E-state index contributed by atoms with van der Waals surface area (Å²) < 4.78 is 0. The van der Waals surface area contributed by atoms with Crippen LogP contribution in [0.5, 0.6) is 0 Å². The van der Waals surface area contributed by atoms with Gasteiger partial charge in [-0.25, -0.2) is 0 Å². The third-order valence-corrected chi connectivity index (χ3v) is 3.01. The largest absolute Gasteiger partial charge is 0.305 e. The molecule has 1 aliphatic heterocycles. The van der Waals surface area contributed by atoms with Crippen LogP contribution in [-0.2, 0) is 0 Å². The van der Waals surface area contributed by atoms with Crippen molar-refractivity contribution in [3.05, 3.63) is 12.2 Å². The van der Waals surface area contributed by atoms with Gasteiger partial charge in [0, 0.05) is 31.4 Å². The van der Waals surface area contributed by atoms with Gasteiger partial charge in [-0.15, -0.1) is 0 Å². The lowest BCUT2D eigenvalue weighted by molar-refractivity contribution is 0.221. The van der Waals surface area contributed by atoms with E-state index in [1.54, 1.807) is 0 Å². The van der Waals surface area contributed by atoms with E-state index in [2.05, 4.69) is 48.6 Å². The molecule has 0 aromatic carbocycles. The van der Waals surface area contributed by atoms with Crippen LogP contribution in [0.15, 0.2) is 12.2 Å². The molecule has 0 aliphatic carbocycles. The molecule has 1 saturated heterocycles. The second kappa shape index (κ2) is 6.49. The number of rotatable bonds is 3. The first-order valence-electron chi connectivity index (χ1n) is 5.42. The predicted molar refractivity (Wildman–Crippen MR) is 66.1 cm³/mol. The van der Waals surface area contributed by atoms with Crippen LogP contribution in [0.4, 0.5) is 0 Å². The van der Waals surface area contributed by atoms with E-state index < -0.39 is 0 Å². The summed E-state index contributed by atoms with van der Waals surface area (Å²) in [4.78, 5) is 4.97. The number of hydrogen-bond donors (Lipinski definition) is 1. The molecule has 14 heavy (non-hydrogen) atoms. The third kappa shape index (κ3) is 4.03. The van der Waals surface area contributed by atoms with Gasteiger partial charge in [0.1, 0.15) is 0 Å². The molecule has 0 aromatic heterocycles. The minimum Gasteiger partial charge on any atom is -0.305 e.